The maximum absolute atomic E-state index is 12.6. The molecule has 0 unspecified atom stereocenters. The van der Waals surface area contributed by atoms with Gasteiger partial charge in [-0.3, -0.25) is 9.69 Å². The number of amides is 1. The average Bonchev–Trinajstić information content (AvgIpc) is 2.84. The van der Waals surface area contributed by atoms with Crippen LogP contribution in [0.2, 0.25) is 0 Å². The average molecular weight is 374 g/mol. The van der Waals surface area contributed by atoms with E-state index in [1.54, 1.807) is 7.11 Å². The van der Waals surface area contributed by atoms with Gasteiger partial charge in [-0.15, -0.1) is 0 Å². The highest BCUT2D eigenvalue weighted by Crippen LogP contribution is 2.29. The molecule has 0 aromatic carbocycles. The monoisotopic (exact) mass is 374 g/mol. The molecule has 1 aromatic rings. The van der Waals surface area contributed by atoms with Gasteiger partial charge in [0, 0.05) is 52.6 Å². The van der Waals surface area contributed by atoms with Gasteiger partial charge in [0.2, 0.25) is 5.91 Å². The van der Waals surface area contributed by atoms with E-state index >= 15 is 0 Å². The molecule has 0 spiro atoms. The van der Waals surface area contributed by atoms with Gasteiger partial charge in [-0.05, 0) is 25.0 Å². The van der Waals surface area contributed by atoms with E-state index in [0.29, 0.717) is 45.1 Å². The van der Waals surface area contributed by atoms with E-state index in [4.69, 9.17) is 4.74 Å². The summed E-state index contributed by atoms with van der Waals surface area (Å²) in [7, 11) is 1.62. The molecule has 6 nitrogen and oxygen atoms in total. The lowest BCUT2D eigenvalue weighted by Crippen LogP contribution is -2.39. The molecule has 1 fully saturated rings. The van der Waals surface area contributed by atoms with E-state index in [9.17, 15) is 18.0 Å². The van der Waals surface area contributed by atoms with Gasteiger partial charge in [0.15, 0.2) is 0 Å². The van der Waals surface area contributed by atoms with Crippen LogP contribution in [-0.2, 0) is 15.7 Å². The molecule has 1 aliphatic heterocycles. The second-order valence-electron chi connectivity index (χ2n) is 6.22. The van der Waals surface area contributed by atoms with Crippen LogP contribution in [0.15, 0.2) is 18.3 Å². The van der Waals surface area contributed by atoms with Crippen LogP contribution in [0.5, 0.6) is 0 Å². The van der Waals surface area contributed by atoms with Gasteiger partial charge >= 0.3 is 6.18 Å². The molecule has 26 heavy (non-hydrogen) atoms. The Morgan fingerprint density at radius 3 is 2.73 bits per heavy atom. The maximum atomic E-state index is 12.6. The summed E-state index contributed by atoms with van der Waals surface area (Å²) in [5, 5.41) is 2.86. The minimum absolute atomic E-state index is 0.0257. The topological polar surface area (TPSA) is 57.7 Å². The molecule has 2 heterocycles. The number of alkyl halides is 3. The molecule has 0 saturated carbocycles. The number of methoxy groups -OCH3 is 1. The normalized spacial score (nSPS) is 16.4. The largest absolute Gasteiger partial charge is 0.417 e. The Labute approximate surface area is 151 Å². The standard InChI is InChI=1S/C17H25F3N4O2/c1-26-11-2-6-21-16(25)13-23-7-3-8-24(10-9-23)15-5-4-14(12-22-15)17(18,19)20/h4-5,12H,2-3,6-11,13H2,1H3,(H,21,25). The van der Waals surface area contributed by atoms with E-state index in [1.807, 2.05) is 4.90 Å². The molecule has 1 aliphatic rings. The lowest BCUT2D eigenvalue weighted by Gasteiger charge is -2.22. The second-order valence-corrected chi connectivity index (χ2v) is 6.22. The number of carbonyl (C=O) groups excluding carboxylic acids is 1. The van der Waals surface area contributed by atoms with Crippen molar-refractivity contribution in [3.05, 3.63) is 23.9 Å². The Morgan fingerprint density at radius 2 is 2.08 bits per heavy atom. The van der Waals surface area contributed by atoms with Crippen LogP contribution in [0.3, 0.4) is 0 Å². The van der Waals surface area contributed by atoms with Gasteiger partial charge in [0.25, 0.3) is 0 Å². The number of halogens is 3. The minimum atomic E-state index is -4.38. The second kappa shape index (κ2) is 9.72. The molecule has 1 saturated heterocycles. The molecule has 0 radical (unpaired) electrons. The van der Waals surface area contributed by atoms with Gasteiger partial charge in [-0.1, -0.05) is 0 Å². The minimum Gasteiger partial charge on any atom is -0.385 e. The van der Waals surface area contributed by atoms with Gasteiger partial charge in [0.05, 0.1) is 12.1 Å². The van der Waals surface area contributed by atoms with Crippen molar-refractivity contribution in [3.63, 3.8) is 0 Å². The Morgan fingerprint density at radius 1 is 1.27 bits per heavy atom. The summed E-state index contributed by atoms with van der Waals surface area (Å²) in [4.78, 5) is 19.9. The van der Waals surface area contributed by atoms with Crippen LogP contribution >= 0.6 is 0 Å². The number of hydrogen-bond donors (Lipinski definition) is 1. The number of nitrogens with zero attached hydrogens (tertiary/aromatic N) is 3. The molecular formula is C17H25F3N4O2. The molecule has 0 bridgehead atoms. The number of ether oxygens (including phenoxy) is 1. The quantitative estimate of drug-likeness (QED) is 0.737. The maximum Gasteiger partial charge on any atom is 0.417 e. The van der Waals surface area contributed by atoms with Crippen LogP contribution in [0, 0.1) is 0 Å². The number of anilines is 1. The van der Waals surface area contributed by atoms with Crippen molar-refractivity contribution in [1.82, 2.24) is 15.2 Å². The number of carbonyl (C=O) groups is 1. The Bertz CT molecular complexity index is 566. The van der Waals surface area contributed by atoms with Gasteiger partial charge in [-0.2, -0.15) is 13.2 Å². The van der Waals surface area contributed by atoms with Crippen LogP contribution in [0.1, 0.15) is 18.4 Å². The molecule has 0 aliphatic carbocycles. The van der Waals surface area contributed by atoms with Gasteiger partial charge in [0.1, 0.15) is 5.82 Å². The molecule has 2 rings (SSSR count). The Hall–Kier alpha value is -1.87. The third-order valence-electron chi connectivity index (χ3n) is 4.20. The zero-order valence-corrected chi connectivity index (χ0v) is 14.9. The molecular weight excluding hydrogens is 349 g/mol. The van der Waals surface area contributed by atoms with E-state index in [2.05, 4.69) is 15.2 Å². The predicted molar refractivity (Wildman–Crippen MR) is 92.0 cm³/mol. The predicted octanol–water partition coefficient (Wildman–Crippen LogP) is 1.77. The van der Waals surface area contributed by atoms with Crippen molar-refractivity contribution in [1.29, 1.82) is 0 Å². The third kappa shape index (κ3) is 6.45. The number of rotatable bonds is 7. The lowest BCUT2D eigenvalue weighted by molar-refractivity contribution is -0.137. The number of pyridine rings is 1. The summed E-state index contributed by atoms with van der Waals surface area (Å²) in [5.74, 6) is 0.506. The molecule has 0 atom stereocenters. The Balaban J connectivity index is 1.81. The van der Waals surface area contributed by atoms with Crippen LogP contribution in [0.25, 0.3) is 0 Å². The summed E-state index contributed by atoms with van der Waals surface area (Å²) in [6.45, 7) is 4.26. The first-order chi connectivity index (χ1) is 12.4. The van der Waals surface area contributed by atoms with Crippen LogP contribution < -0.4 is 10.2 Å². The summed E-state index contributed by atoms with van der Waals surface area (Å²) in [6, 6.07) is 2.46. The summed E-state index contributed by atoms with van der Waals surface area (Å²) in [5.41, 5.74) is -0.747. The number of hydrogen-bond acceptors (Lipinski definition) is 5. The molecule has 1 aromatic heterocycles. The summed E-state index contributed by atoms with van der Waals surface area (Å²) < 4.78 is 42.8. The van der Waals surface area contributed by atoms with Gasteiger partial charge in [-0.25, -0.2) is 4.98 Å². The SMILES string of the molecule is COCCCNC(=O)CN1CCCN(c2ccc(C(F)(F)F)cn2)CC1. The smallest absolute Gasteiger partial charge is 0.385 e. The number of aromatic nitrogens is 1. The van der Waals surface area contributed by atoms with Crippen molar-refractivity contribution in [3.8, 4) is 0 Å². The zero-order valence-electron chi connectivity index (χ0n) is 14.9. The Kier molecular flexibility index (Phi) is 7.65. The lowest BCUT2D eigenvalue weighted by atomic mass is 10.2. The van der Waals surface area contributed by atoms with Crippen molar-refractivity contribution in [2.24, 2.45) is 0 Å². The van der Waals surface area contributed by atoms with Crippen LogP contribution in [0.4, 0.5) is 19.0 Å². The molecule has 1 N–H and O–H groups in total. The van der Waals surface area contributed by atoms with Crippen molar-refractivity contribution < 1.29 is 22.7 Å². The molecule has 146 valence electrons. The highest BCUT2D eigenvalue weighted by atomic mass is 19.4. The molecule has 9 heteroatoms. The fraction of sp³-hybridized carbons (Fsp3) is 0.647. The van der Waals surface area contributed by atoms with Crippen molar-refractivity contribution >= 4 is 11.7 Å². The highest BCUT2D eigenvalue weighted by molar-refractivity contribution is 5.77. The number of nitrogens with one attached hydrogen (secondary N) is 1. The van der Waals surface area contributed by atoms with Crippen molar-refractivity contribution in [2.45, 2.75) is 19.0 Å². The third-order valence-corrected chi connectivity index (χ3v) is 4.20. The van der Waals surface area contributed by atoms with E-state index in [1.165, 1.54) is 6.07 Å². The summed E-state index contributed by atoms with van der Waals surface area (Å²) >= 11 is 0. The van der Waals surface area contributed by atoms with E-state index < -0.39 is 11.7 Å². The first-order valence-corrected chi connectivity index (χ1v) is 8.66. The van der Waals surface area contributed by atoms with Gasteiger partial charge < -0.3 is 15.0 Å². The fourth-order valence-electron chi connectivity index (χ4n) is 2.80. The highest BCUT2D eigenvalue weighted by Gasteiger charge is 2.31. The van der Waals surface area contributed by atoms with Crippen molar-refractivity contribution in [2.75, 3.05) is 57.9 Å². The summed E-state index contributed by atoms with van der Waals surface area (Å²) in [6.07, 6.45) is -1.92. The van der Waals surface area contributed by atoms with E-state index in [-0.39, 0.29) is 5.91 Å². The first kappa shape index (κ1) is 20.4. The molecule has 1 amide bonds. The fourth-order valence-corrected chi connectivity index (χ4v) is 2.80. The zero-order chi connectivity index (χ0) is 19.0. The van der Waals surface area contributed by atoms with E-state index in [0.717, 1.165) is 31.6 Å². The first-order valence-electron chi connectivity index (χ1n) is 8.66. The van der Waals surface area contributed by atoms with Crippen LogP contribution in [-0.4, -0.2) is 68.8 Å².